The molecule has 0 aromatic heterocycles. The number of unbranched alkanes of at least 4 members (excludes halogenated alkanes) is 24. The van der Waals surface area contributed by atoms with E-state index in [-0.39, 0.29) is 37.7 Å². The fraction of sp³-hybridized carbons (Fsp3) is 0.750. The first kappa shape index (κ1) is 66.1. The fourth-order valence-electron chi connectivity index (χ4n) is 7.75. The van der Waals surface area contributed by atoms with Crippen LogP contribution in [0.1, 0.15) is 252 Å². The first-order chi connectivity index (χ1) is 33.9. The normalized spacial score (nSPS) is 12.3. The zero-order chi connectivity index (χ0) is 50.2. The van der Waals surface area contributed by atoms with Crippen molar-refractivity contribution in [2.24, 2.45) is 0 Å². The first-order valence-electron chi connectivity index (χ1n) is 28.3. The number of esters is 3. The summed E-state index contributed by atoms with van der Waals surface area (Å²) in [7, 11) is 0. The summed E-state index contributed by atoms with van der Waals surface area (Å²) in [5.41, 5.74) is -1.13. The Morgan fingerprint density at radius 2 is 0.652 bits per heavy atom. The van der Waals surface area contributed by atoms with Crippen molar-refractivity contribution in [2.45, 2.75) is 257 Å². The Bertz CT molecular complexity index is 1190. The molecule has 0 spiro atoms. The molecular formula is C60H105NO7S. The number of carbonyl (C=O) groups excluding carboxylic acids is 3. The second kappa shape index (κ2) is 54.5. The van der Waals surface area contributed by atoms with Crippen molar-refractivity contribution in [2.75, 3.05) is 32.1 Å². The minimum Gasteiger partial charge on any atom is -0.463 e. The van der Waals surface area contributed by atoms with Gasteiger partial charge < -0.3 is 24.1 Å². The third-order valence-corrected chi connectivity index (χ3v) is 12.6. The van der Waals surface area contributed by atoms with E-state index in [0.717, 1.165) is 135 Å². The van der Waals surface area contributed by atoms with Gasteiger partial charge in [0.05, 0.1) is 0 Å². The molecule has 8 nitrogen and oxygen atoms in total. The molecule has 0 saturated carbocycles. The predicted octanol–water partition coefficient (Wildman–Crippen LogP) is 17.6. The maximum Gasteiger partial charge on any atom is 0.305 e. The van der Waals surface area contributed by atoms with E-state index in [2.05, 4.69) is 99.0 Å². The van der Waals surface area contributed by atoms with Crippen molar-refractivity contribution in [1.29, 1.82) is 0 Å². The maximum absolute atomic E-state index is 13.0. The molecule has 398 valence electrons. The van der Waals surface area contributed by atoms with Gasteiger partial charge in [-0.15, -0.1) is 0 Å². The Morgan fingerprint density at radius 1 is 0.391 bits per heavy atom. The molecule has 0 heterocycles. The summed E-state index contributed by atoms with van der Waals surface area (Å²) in [6.45, 7) is 6.70. The van der Waals surface area contributed by atoms with E-state index >= 15 is 0 Å². The van der Waals surface area contributed by atoms with Crippen LogP contribution in [0.4, 0.5) is 0 Å². The van der Waals surface area contributed by atoms with Gasteiger partial charge in [-0.3, -0.25) is 14.4 Å². The predicted molar refractivity (Wildman–Crippen MR) is 297 cm³/mol. The van der Waals surface area contributed by atoms with E-state index in [0.29, 0.717) is 43.6 Å². The van der Waals surface area contributed by atoms with Crippen LogP contribution in [-0.2, 0) is 28.6 Å². The van der Waals surface area contributed by atoms with E-state index in [1.54, 1.807) is 0 Å². The Balaban J connectivity index is 4.97. The average Bonchev–Trinajstić information content (AvgIpc) is 3.35. The molecule has 0 aliphatic carbocycles. The highest BCUT2D eigenvalue weighted by Gasteiger charge is 2.35. The fourth-order valence-corrected chi connectivity index (χ4v) is 7.95. The van der Waals surface area contributed by atoms with Gasteiger partial charge in [0.25, 0.3) is 0 Å². The van der Waals surface area contributed by atoms with Crippen molar-refractivity contribution >= 4 is 30.0 Å². The lowest BCUT2D eigenvalue weighted by Gasteiger charge is -2.33. The highest BCUT2D eigenvalue weighted by atomic mass is 32.2. The van der Waals surface area contributed by atoms with Crippen LogP contribution in [0.5, 0.6) is 0 Å². The molecule has 0 aliphatic heterocycles. The number of hydrogen-bond acceptors (Lipinski definition) is 9. The zero-order valence-electron chi connectivity index (χ0n) is 44.7. The highest BCUT2D eigenvalue weighted by Crippen LogP contribution is 2.16. The van der Waals surface area contributed by atoms with Gasteiger partial charge in [-0.05, 0) is 128 Å². The third kappa shape index (κ3) is 49.9. The molecule has 0 aromatic carbocycles. The summed E-state index contributed by atoms with van der Waals surface area (Å²) in [6, 6.07) is 0. The van der Waals surface area contributed by atoms with E-state index in [1.165, 1.54) is 77.0 Å². The van der Waals surface area contributed by atoms with E-state index < -0.39 is 5.54 Å². The molecule has 0 rings (SSSR count). The number of rotatable bonds is 52. The SMILES string of the molecule is CCCCC/C=C\C/C=C\CCCCCCCC(=O)OCC(COC(=O)CCCCCCC/C=C\C/C=C\CCCCC)(COC(=O)CCCCCCC/C=C\C/C=C\CCCCC)NCCSO. The minimum atomic E-state index is -1.13. The van der Waals surface area contributed by atoms with Gasteiger partial charge in [-0.2, -0.15) is 0 Å². The number of nitrogens with one attached hydrogen (secondary N) is 1. The smallest absolute Gasteiger partial charge is 0.305 e. The Hall–Kier alpha value is -2.88. The molecule has 69 heavy (non-hydrogen) atoms. The Labute approximate surface area is 429 Å². The lowest BCUT2D eigenvalue weighted by Crippen LogP contribution is -2.58. The molecule has 0 unspecified atom stereocenters. The van der Waals surface area contributed by atoms with Crippen LogP contribution in [0.15, 0.2) is 72.9 Å². The summed E-state index contributed by atoms with van der Waals surface area (Å²) in [5.74, 6) is -0.606. The molecule has 2 N–H and O–H groups in total. The summed E-state index contributed by atoms with van der Waals surface area (Å²) in [4.78, 5) is 39.1. The van der Waals surface area contributed by atoms with Gasteiger partial charge >= 0.3 is 17.9 Å². The lowest BCUT2D eigenvalue weighted by atomic mass is 10.0. The number of carbonyl (C=O) groups is 3. The lowest BCUT2D eigenvalue weighted by molar-refractivity contribution is -0.157. The van der Waals surface area contributed by atoms with Crippen molar-refractivity contribution in [3.8, 4) is 0 Å². The van der Waals surface area contributed by atoms with Gasteiger partial charge in [0.2, 0.25) is 0 Å². The van der Waals surface area contributed by atoms with Crippen molar-refractivity contribution in [1.82, 2.24) is 5.32 Å². The van der Waals surface area contributed by atoms with Gasteiger partial charge in [0.1, 0.15) is 25.4 Å². The van der Waals surface area contributed by atoms with Crippen LogP contribution in [0.25, 0.3) is 0 Å². The van der Waals surface area contributed by atoms with Crippen LogP contribution in [-0.4, -0.2) is 60.1 Å². The van der Waals surface area contributed by atoms with Crippen LogP contribution < -0.4 is 5.32 Å². The standard InChI is InChI=1S/C60H105NO7S/c1-4-7-10-13-16-19-22-25-28-31-34-37-40-43-46-49-57(62)66-54-60(61-52-53-69-65,55-67-58(63)50-47-44-41-38-35-32-29-26-23-20-17-14-11-8-5-2)56-68-59(64)51-48-45-42-39-36-33-30-27-24-21-18-15-12-9-6-3/h16-21,25-30,61,65H,4-15,22-24,31-56H2,1-3H3/b19-16-,20-17-,21-18-,28-25-,29-26-,30-27-. The Kier molecular flexibility index (Phi) is 52.2. The van der Waals surface area contributed by atoms with Crippen LogP contribution in [0, 0.1) is 0 Å². The van der Waals surface area contributed by atoms with E-state index in [1.807, 2.05) is 0 Å². The molecule has 0 bridgehead atoms. The number of allylic oxidation sites excluding steroid dienone is 12. The summed E-state index contributed by atoms with van der Waals surface area (Å²) in [5, 5.41) is 3.33. The largest absolute Gasteiger partial charge is 0.463 e. The van der Waals surface area contributed by atoms with Crippen LogP contribution in [0.2, 0.25) is 0 Å². The van der Waals surface area contributed by atoms with E-state index in [9.17, 15) is 18.9 Å². The second-order valence-electron chi connectivity index (χ2n) is 19.0. The van der Waals surface area contributed by atoms with Crippen molar-refractivity contribution in [3.63, 3.8) is 0 Å². The first-order valence-corrected chi connectivity index (χ1v) is 29.2. The molecule has 0 aromatic rings. The summed E-state index contributed by atoms with van der Waals surface area (Å²) in [6.07, 6.45) is 64.6. The zero-order valence-corrected chi connectivity index (χ0v) is 45.5. The third-order valence-electron chi connectivity index (χ3n) is 12.2. The molecule has 0 saturated heterocycles. The monoisotopic (exact) mass is 984 g/mol. The molecule has 0 atom stereocenters. The van der Waals surface area contributed by atoms with E-state index in [4.69, 9.17) is 14.2 Å². The van der Waals surface area contributed by atoms with Gasteiger partial charge in [0, 0.05) is 31.6 Å². The van der Waals surface area contributed by atoms with Crippen LogP contribution in [0.3, 0.4) is 0 Å². The molecule has 0 radical (unpaired) electrons. The molecule has 0 aliphatic rings. The molecular weight excluding hydrogens is 879 g/mol. The molecule has 0 fully saturated rings. The summed E-state index contributed by atoms with van der Waals surface area (Å²) >= 11 is 0.693. The number of hydrogen-bond donors (Lipinski definition) is 2. The number of ether oxygens (including phenoxy) is 3. The molecule has 0 amide bonds. The average molecular weight is 985 g/mol. The Morgan fingerprint density at radius 3 is 0.928 bits per heavy atom. The summed E-state index contributed by atoms with van der Waals surface area (Å²) < 4.78 is 27.0. The minimum absolute atomic E-state index is 0.115. The second-order valence-corrected chi connectivity index (χ2v) is 19.6. The topological polar surface area (TPSA) is 111 Å². The quantitative estimate of drug-likeness (QED) is 0.0202. The van der Waals surface area contributed by atoms with Gasteiger partial charge in [0.15, 0.2) is 0 Å². The van der Waals surface area contributed by atoms with Crippen molar-refractivity contribution in [3.05, 3.63) is 72.9 Å². The van der Waals surface area contributed by atoms with Crippen molar-refractivity contribution < 1.29 is 33.1 Å². The van der Waals surface area contributed by atoms with Gasteiger partial charge in [-0.1, -0.05) is 190 Å². The maximum atomic E-state index is 13.0. The molecule has 9 heteroatoms. The highest BCUT2D eigenvalue weighted by molar-refractivity contribution is 7.93. The van der Waals surface area contributed by atoms with Crippen LogP contribution >= 0.6 is 12.0 Å². The van der Waals surface area contributed by atoms with Gasteiger partial charge in [-0.25, -0.2) is 0 Å².